The van der Waals surface area contributed by atoms with E-state index in [1.54, 1.807) is 17.0 Å². The van der Waals surface area contributed by atoms with Crippen LogP contribution in [0.1, 0.15) is 50.3 Å². The number of carbonyl (C=O) groups excluding carboxylic acids is 2. The molecular weight excluding hydrogens is 586 g/mol. The molecule has 0 spiro atoms. The molecule has 1 atom stereocenters. The molecule has 0 fully saturated rings. The van der Waals surface area contributed by atoms with Gasteiger partial charge in [0.25, 0.3) is 0 Å². The summed E-state index contributed by atoms with van der Waals surface area (Å²) in [6, 6.07) is 21.4. The van der Waals surface area contributed by atoms with E-state index in [9.17, 15) is 18.0 Å². The van der Waals surface area contributed by atoms with Crippen LogP contribution in [-0.4, -0.2) is 56.6 Å². The molecule has 0 aromatic heterocycles. The number of halogens is 1. The molecule has 2 amide bonds. The van der Waals surface area contributed by atoms with E-state index in [-0.39, 0.29) is 42.8 Å². The standard InChI is InChI=1S/C33H42ClN3O5S/c1-24-14-16-26(17-15-24)23-36(29(32(39)35-33(2,3)4)21-25-11-8-7-9-12-25)31(38)13-10-20-37(43(6,40)41)27-18-19-30(42-5)28(34)22-27/h7-9,11-12,14-19,22,29H,10,13,20-21,23H2,1-6H3,(H,35,39)/t29-/m0/s1. The molecule has 3 aromatic rings. The van der Waals surface area contributed by atoms with Crippen molar-refractivity contribution in [1.82, 2.24) is 10.2 Å². The summed E-state index contributed by atoms with van der Waals surface area (Å²) in [7, 11) is -2.19. The minimum Gasteiger partial charge on any atom is -0.495 e. The van der Waals surface area contributed by atoms with Gasteiger partial charge in [0.2, 0.25) is 21.8 Å². The van der Waals surface area contributed by atoms with Crippen LogP contribution >= 0.6 is 11.6 Å². The number of nitrogens with one attached hydrogen (secondary N) is 1. The number of rotatable bonds is 13. The van der Waals surface area contributed by atoms with Crippen molar-refractivity contribution in [2.45, 2.75) is 65.1 Å². The fourth-order valence-electron chi connectivity index (χ4n) is 4.71. The minimum absolute atomic E-state index is 0.0376. The Morgan fingerprint density at radius 2 is 1.63 bits per heavy atom. The molecule has 0 radical (unpaired) electrons. The maximum Gasteiger partial charge on any atom is 0.243 e. The average molecular weight is 628 g/mol. The normalized spacial score (nSPS) is 12.3. The van der Waals surface area contributed by atoms with E-state index < -0.39 is 21.6 Å². The molecule has 3 rings (SSSR count). The number of hydrogen-bond donors (Lipinski definition) is 1. The van der Waals surface area contributed by atoms with Gasteiger partial charge in [0.15, 0.2) is 0 Å². The topological polar surface area (TPSA) is 96.0 Å². The first kappa shape index (κ1) is 33.9. The van der Waals surface area contributed by atoms with E-state index in [0.29, 0.717) is 17.9 Å². The molecule has 0 saturated carbocycles. The van der Waals surface area contributed by atoms with Gasteiger partial charge < -0.3 is 15.0 Å². The lowest BCUT2D eigenvalue weighted by Crippen LogP contribution is -2.54. The second-order valence-electron chi connectivity index (χ2n) is 11.7. The largest absolute Gasteiger partial charge is 0.495 e. The fraction of sp³-hybridized carbons (Fsp3) is 0.394. The van der Waals surface area contributed by atoms with Crippen LogP contribution in [0.5, 0.6) is 5.75 Å². The lowest BCUT2D eigenvalue weighted by Gasteiger charge is -2.34. The molecule has 1 N–H and O–H groups in total. The van der Waals surface area contributed by atoms with Gasteiger partial charge >= 0.3 is 0 Å². The SMILES string of the molecule is COc1ccc(N(CCCC(=O)N(Cc2ccc(C)cc2)[C@@H](Cc2ccccc2)C(=O)NC(C)(C)C)S(C)(=O)=O)cc1Cl. The predicted molar refractivity (Wildman–Crippen MR) is 173 cm³/mol. The number of benzene rings is 3. The summed E-state index contributed by atoms with van der Waals surface area (Å²) in [5.74, 6) is -0.0620. The highest BCUT2D eigenvalue weighted by atomic mass is 35.5. The summed E-state index contributed by atoms with van der Waals surface area (Å²) >= 11 is 6.27. The summed E-state index contributed by atoms with van der Waals surface area (Å²) in [6.45, 7) is 8.00. The van der Waals surface area contributed by atoms with E-state index in [4.69, 9.17) is 16.3 Å². The van der Waals surface area contributed by atoms with Crippen molar-refractivity contribution >= 4 is 39.1 Å². The van der Waals surface area contributed by atoms with Crippen LogP contribution < -0.4 is 14.4 Å². The summed E-state index contributed by atoms with van der Waals surface area (Å²) in [4.78, 5) is 29.3. The second kappa shape index (κ2) is 14.8. The third-order valence-electron chi connectivity index (χ3n) is 6.82. The number of nitrogens with zero attached hydrogens (tertiary/aromatic N) is 2. The van der Waals surface area contributed by atoms with Crippen LogP contribution in [0.25, 0.3) is 0 Å². The second-order valence-corrected chi connectivity index (χ2v) is 14.0. The van der Waals surface area contributed by atoms with E-state index >= 15 is 0 Å². The van der Waals surface area contributed by atoms with Gasteiger partial charge in [-0.05, 0) is 63.4 Å². The smallest absolute Gasteiger partial charge is 0.243 e. The van der Waals surface area contributed by atoms with Gasteiger partial charge in [0.05, 0.1) is 24.1 Å². The summed E-state index contributed by atoms with van der Waals surface area (Å²) in [5, 5.41) is 3.34. The van der Waals surface area contributed by atoms with E-state index in [2.05, 4.69) is 5.32 Å². The third kappa shape index (κ3) is 10.3. The highest BCUT2D eigenvalue weighted by Crippen LogP contribution is 2.30. The summed E-state index contributed by atoms with van der Waals surface area (Å²) in [6.07, 6.45) is 1.72. The number of sulfonamides is 1. The van der Waals surface area contributed by atoms with Gasteiger partial charge in [-0.15, -0.1) is 0 Å². The first-order valence-corrected chi connectivity index (χ1v) is 16.4. The van der Waals surface area contributed by atoms with Crippen molar-refractivity contribution in [2.75, 3.05) is 24.2 Å². The number of hydrogen-bond acceptors (Lipinski definition) is 5. The Kier molecular flexibility index (Phi) is 11.6. The molecule has 0 aliphatic carbocycles. The van der Waals surface area contributed by atoms with Gasteiger partial charge in [-0.2, -0.15) is 0 Å². The first-order valence-electron chi connectivity index (χ1n) is 14.2. The Hall–Kier alpha value is -3.56. The van der Waals surface area contributed by atoms with E-state index in [1.165, 1.54) is 17.5 Å². The Balaban J connectivity index is 1.90. The highest BCUT2D eigenvalue weighted by molar-refractivity contribution is 7.92. The van der Waals surface area contributed by atoms with Crippen LogP contribution in [0.15, 0.2) is 72.8 Å². The number of aryl methyl sites for hydroxylation is 1. The highest BCUT2D eigenvalue weighted by Gasteiger charge is 2.32. The molecule has 43 heavy (non-hydrogen) atoms. The molecule has 232 valence electrons. The zero-order chi connectivity index (χ0) is 31.8. The lowest BCUT2D eigenvalue weighted by molar-refractivity contribution is -0.142. The Bertz CT molecular complexity index is 1490. The number of ether oxygens (including phenoxy) is 1. The molecule has 0 aliphatic heterocycles. The van der Waals surface area contributed by atoms with Gasteiger partial charge in [0.1, 0.15) is 11.8 Å². The van der Waals surface area contributed by atoms with E-state index in [0.717, 1.165) is 22.9 Å². The van der Waals surface area contributed by atoms with Crippen molar-refractivity contribution in [3.8, 4) is 5.75 Å². The number of amides is 2. The van der Waals surface area contributed by atoms with Crippen molar-refractivity contribution in [3.63, 3.8) is 0 Å². The number of carbonyl (C=O) groups is 2. The Morgan fingerprint density at radius 3 is 2.19 bits per heavy atom. The third-order valence-corrected chi connectivity index (χ3v) is 8.31. The van der Waals surface area contributed by atoms with Crippen molar-refractivity contribution < 1.29 is 22.7 Å². The molecule has 0 unspecified atom stereocenters. The molecule has 0 aliphatic rings. The van der Waals surface area contributed by atoms with Gasteiger partial charge in [0, 0.05) is 31.5 Å². The monoisotopic (exact) mass is 627 g/mol. The molecule has 3 aromatic carbocycles. The summed E-state index contributed by atoms with van der Waals surface area (Å²) < 4.78 is 31.8. The average Bonchev–Trinajstić information content (AvgIpc) is 2.92. The number of methoxy groups -OCH3 is 1. The zero-order valence-electron chi connectivity index (χ0n) is 25.8. The Labute approximate surface area is 261 Å². The van der Waals surface area contributed by atoms with Crippen LogP contribution in [0, 0.1) is 6.92 Å². The molecule has 0 heterocycles. The van der Waals surface area contributed by atoms with Crippen LogP contribution in [-0.2, 0) is 32.6 Å². The van der Waals surface area contributed by atoms with Crippen molar-refractivity contribution in [1.29, 1.82) is 0 Å². The molecular formula is C33H42ClN3O5S. The first-order chi connectivity index (χ1) is 20.2. The molecule has 10 heteroatoms. The van der Waals surface area contributed by atoms with E-state index in [1.807, 2.05) is 82.3 Å². The molecule has 8 nitrogen and oxygen atoms in total. The van der Waals surface area contributed by atoms with Gasteiger partial charge in [-0.25, -0.2) is 8.42 Å². The lowest BCUT2D eigenvalue weighted by atomic mass is 10.00. The predicted octanol–water partition coefficient (Wildman–Crippen LogP) is 5.76. The quantitative estimate of drug-likeness (QED) is 0.260. The fourth-order valence-corrected chi connectivity index (χ4v) is 5.92. The van der Waals surface area contributed by atoms with Gasteiger partial charge in [-0.3, -0.25) is 13.9 Å². The number of anilines is 1. The molecule has 0 saturated heterocycles. The van der Waals surface area contributed by atoms with Crippen molar-refractivity contribution in [3.05, 3.63) is 94.5 Å². The van der Waals surface area contributed by atoms with Crippen LogP contribution in [0.4, 0.5) is 5.69 Å². The minimum atomic E-state index is -3.67. The molecule has 0 bridgehead atoms. The summed E-state index contributed by atoms with van der Waals surface area (Å²) in [5.41, 5.74) is 2.79. The van der Waals surface area contributed by atoms with Crippen molar-refractivity contribution in [2.24, 2.45) is 0 Å². The van der Waals surface area contributed by atoms with Gasteiger partial charge in [-0.1, -0.05) is 71.8 Å². The van der Waals surface area contributed by atoms with Crippen LogP contribution in [0.3, 0.4) is 0 Å². The Morgan fingerprint density at radius 1 is 0.977 bits per heavy atom. The maximum atomic E-state index is 14.0. The maximum absolute atomic E-state index is 14.0. The van der Waals surface area contributed by atoms with Crippen LogP contribution in [0.2, 0.25) is 5.02 Å². The zero-order valence-corrected chi connectivity index (χ0v) is 27.3.